The number of guanidine groups is 1. The Balaban J connectivity index is 0.00000450. The Morgan fingerprint density at radius 2 is 1.83 bits per heavy atom. The number of aliphatic imine (C=N–C) groups is 1. The van der Waals surface area contributed by atoms with Crippen molar-refractivity contribution in [3.8, 4) is 0 Å². The third-order valence-corrected chi connectivity index (χ3v) is 4.43. The highest BCUT2D eigenvalue weighted by Gasteiger charge is 2.27. The summed E-state index contributed by atoms with van der Waals surface area (Å²) in [6, 6.07) is 1.68. The lowest BCUT2D eigenvalue weighted by molar-refractivity contribution is -0.149. The van der Waals surface area contributed by atoms with Crippen LogP contribution in [0.3, 0.4) is 0 Å². The number of nitrogens with zero attached hydrogens (tertiary/aromatic N) is 2. The van der Waals surface area contributed by atoms with Crippen LogP contribution >= 0.6 is 24.0 Å². The molecule has 1 aliphatic rings. The van der Waals surface area contributed by atoms with Crippen molar-refractivity contribution in [1.29, 1.82) is 0 Å². The third-order valence-electron chi connectivity index (χ3n) is 4.43. The molecule has 0 spiro atoms. The zero-order chi connectivity index (χ0) is 21.4. The van der Waals surface area contributed by atoms with Gasteiger partial charge >= 0.3 is 5.97 Å². The number of amides is 1. The van der Waals surface area contributed by atoms with Crippen LogP contribution in [-0.4, -0.2) is 55.5 Å². The first-order valence-corrected chi connectivity index (χ1v) is 9.50. The second-order valence-corrected chi connectivity index (χ2v) is 6.45. The first-order chi connectivity index (χ1) is 13.9. The lowest BCUT2D eigenvalue weighted by Gasteiger charge is -2.33. The molecule has 11 heteroatoms. The van der Waals surface area contributed by atoms with E-state index < -0.39 is 29.0 Å². The summed E-state index contributed by atoms with van der Waals surface area (Å²) in [6.45, 7) is 5.34. The quantitative estimate of drug-likeness (QED) is 0.190. The molecule has 1 fully saturated rings. The summed E-state index contributed by atoms with van der Waals surface area (Å²) in [5, 5.41) is 5.24. The largest absolute Gasteiger partial charge is 0.466 e. The number of benzene rings is 1. The van der Waals surface area contributed by atoms with Gasteiger partial charge in [0, 0.05) is 19.6 Å². The van der Waals surface area contributed by atoms with Crippen LogP contribution in [0.1, 0.15) is 26.7 Å². The molecule has 1 amide bonds. The lowest BCUT2D eigenvalue weighted by Crippen LogP contribution is -2.47. The fourth-order valence-electron chi connectivity index (χ4n) is 2.97. The molecule has 0 atom stereocenters. The molecule has 0 saturated carbocycles. The van der Waals surface area contributed by atoms with Crippen molar-refractivity contribution in [2.45, 2.75) is 26.7 Å². The summed E-state index contributed by atoms with van der Waals surface area (Å²) in [5.41, 5.74) is -0.454. The molecule has 0 radical (unpaired) electrons. The number of carbonyl (C=O) groups is 2. The molecule has 7 nitrogen and oxygen atoms in total. The monoisotopic (exact) mass is 542 g/mol. The SMILES string of the molecule is CCNC(=NCC(=O)Nc1ccc(F)c(F)c1F)N1CCC(C(=O)OCC)CC1.I. The summed E-state index contributed by atoms with van der Waals surface area (Å²) in [5.74, 6) is -5.00. The van der Waals surface area contributed by atoms with Crippen molar-refractivity contribution >= 4 is 47.5 Å². The van der Waals surface area contributed by atoms with E-state index in [0.717, 1.165) is 12.1 Å². The summed E-state index contributed by atoms with van der Waals surface area (Å²) >= 11 is 0. The van der Waals surface area contributed by atoms with E-state index in [1.807, 2.05) is 11.8 Å². The molecule has 0 aromatic heterocycles. The second kappa shape index (κ2) is 12.6. The van der Waals surface area contributed by atoms with E-state index in [0.29, 0.717) is 45.0 Å². The number of halogens is 4. The Morgan fingerprint density at radius 3 is 2.43 bits per heavy atom. The number of esters is 1. The molecule has 2 rings (SSSR count). The molecule has 168 valence electrons. The molecule has 1 aliphatic heterocycles. The van der Waals surface area contributed by atoms with Gasteiger partial charge in [-0.1, -0.05) is 0 Å². The summed E-state index contributed by atoms with van der Waals surface area (Å²) in [4.78, 5) is 30.0. The minimum Gasteiger partial charge on any atom is -0.466 e. The molecule has 1 aromatic rings. The molecular formula is C19H26F3IN4O3. The Hall–Kier alpha value is -2.05. The number of nitrogens with one attached hydrogen (secondary N) is 2. The van der Waals surface area contributed by atoms with Gasteiger partial charge in [0.05, 0.1) is 18.2 Å². The summed E-state index contributed by atoms with van der Waals surface area (Å²) in [7, 11) is 0. The molecule has 1 saturated heterocycles. The van der Waals surface area contributed by atoms with Crippen molar-refractivity contribution in [2.75, 3.05) is 38.1 Å². The third kappa shape index (κ3) is 7.03. The highest BCUT2D eigenvalue weighted by Crippen LogP contribution is 2.20. The normalized spacial score (nSPS) is 14.7. The number of hydrogen-bond acceptors (Lipinski definition) is 4. The van der Waals surface area contributed by atoms with E-state index >= 15 is 0 Å². The molecule has 0 aliphatic carbocycles. The number of hydrogen-bond donors (Lipinski definition) is 2. The Bertz CT molecular complexity index is 772. The molecule has 1 heterocycles. The molecule has 1 aromatic carbocycles. The molecule has 30 heavy (non-hydrogen) atoms. The molecule has 2 N–H and O–H groups in total. The maximum absolute atomic E-state index is 13.7. The van der Waals surface area contributed by atoms with Crippen LogP contribution < -0.4 is 10.6 Å². The fraction of sp³-hybridized carbons (Fsp3) is 0.526. The number of likely N-dealkylation sites (tertiary alicyclic amines) is 1. The van der Waals surface area contributed by atoms with Gasteiger partial charge in [-0.25, -0.2) is 18.2 Å². The van der Waals surface area contributed by atoms with Gasteiger partial charge in [-0.15, -0.1) is 24.0 Å². The average Bonchev–Trinajstić information content (AvgIpc) is 2.72. The number of ether oxygens (including phenoxy) is 1. The maximum atomic E-state index is 13.7. The lowest BCUT2D eigenvalue weighted by atomic mass is 9.97. The van der Waals surface area contributed by atoms with Crippen molar-refractivity contribution in [1.82, 2.24) is 10.2 Å². The Labute approximate surface area is 190 Å². The molecular weight excluding hydrogens is 516 g/mol. The van der Waals surface area contributed by atoms with Crippen LogP contribution in [0.2, 0.25) is 0 Å². The average molecular weight is 542 g/mol. The van der Waals surface area contributed by atoms with Gasteiger partial charge in [-0.2, -0.15) is 0 Å². The van der Waals surface area contributed by atoms with Crippen LogP contribution in [0.15, 0.2) is 17.1 Å². The van der Waals surface area contributed by atoms with Crippen molar-refractivity contribution in [3.05, 3.63) is 29.6 Å². The van der Waals surface area contributed by atoms with Gasteiger partial charge in [-0.3, -0.25) is 9.59 Å². The van der Waals surface area contributed by atoms with Gasteiger partial charge < -0.3 is 20.3 Å². The predicted octanol–water partition coefficient (Wildman–Crippen LogP) is 2.90. The number of rotatable bonds is 6. The van der Waals surface area contributed by atoms with E-state index in [2.05, 4.69) is 15.6 Å². The zero-order valence-corrected chi connectivity index (χ0v) is 19.2. The predicted molar refractivity (Wildman–Crippen MR) is 117 cm³/mol. The van der Waals surface area contributed by atoms with Gasteiger partial charge in [0.2, 0.25) is 5.91 Å². The van der Waals surface area contributed by atoms with E-state index in [-0.39, 0.29) is 42.4 Å². The first-order valence-electron chi connectivity index (χ1n) is 9.50. The van der Waals surface area contributed by atoms with E-state index in [9.17, 15) is 22.8 Å². The van der Waals surface area contributed by atoms with Crippen LogP contribution in [-0.2, 0) is 14.3 Å². The van der Waals surface area contributed by atoms with Crippen molar-refractivity contribution in [3.63, 3.8) is 0 Å². The van der Waals surface area contributed by atoms with Crippen molar-refractivity contribution < 1.29 is 27.5 Å². The second-order valence-electron chi connectivity index (χ2n) is 6.45. The first kappa shape index (κ1) is 26.0. The molecule has 0 unspecified atom stereocenters. The van der Waals surface area contributed by atoms with Gasteiger partial charge in [-0.05, 0) is 38.8 Å². The fourth-order valence-corrected chi connectivity index (χ4v) is 2.97. The maximum Gasteiger partial charge on any atom is 0.309 e. The van der Waals surface area contributed by atoms with E-state index in [4.69, 9.17) is 4.74 Å². The smallest absolute Gasteiger partial charge is 0.309 e. The summed E-state index contributed by atoms with van der Waals surface area (Å²) in [6.07, 6.45) is 1.21. The van der Waals surface area contributed by atoms with E-state index in [1.165, 1.54) is 0 Å². The topological polar surface area (TPSA) is 83.0 Å². The van der Waals surface area contributed by atoms with Crippen LogP contribution in [0.5, 0.6) is 0 Å². The Kier molecular flexibility index (Phi) is 10.9. The van der Waals surface area contributed by atoms with Crippen LogP contribution in [0.25, 0.3) is 0 Å². The van der Waals surface area contributed by atoms with Crippen molar-refractivity contribution in [2.24, 2.45) is 10.9 Å². The summed E-state index contributed by atoms with van der Waals surface area (Å²) < 4.78 is 44.9. The van der Waals surface area contributed by atoms with Crippen LogP contribution in [0, 0.1) is 23.4 Å². The van der Waals surface area contributed by atoms with Gasteiger partial charge in [0.25, 0.3) is 0 Å². The van der Waals surface area contributed by atoms with E-state index in [1.54, 1.807) is 6.92 Å². The number of piperidine rings is 1. The zero-order valence-electron chi connectivity index (χ0n) is 16.8. The highest BCUT2D eigenvalue weighted by atomic mass is 127. The molecule has 0 bridgehead atoms. The number of anilines is 1. The van der Waals surface area contributed by atoms with Gasteiger partial charge in [0.1, 0.15) is 6.54 Å². The highest BCUT2D eigenvalue weighted by molar-refractivity contribution is 14.0. The minimum absolute atomic E-state index is 0. The van der Waals surface area contributed by atoms with Crippen LogP contribution in [0.4, 0.5) is 18.9 Å². The minimum atomic E-state index is -1.65. The van der Waals surface area contributed by atoms with Gasteiger partial charge in [0.15, 0.2) is 23.4 Å². The standard InChI is InChI=1S/C19H25F3N4O3.HI/c1-3-23-19(26-9-7-12(8-10-26)18(28)29-4-2)24-11-15(27)25-14-6-5-13(20)16(21)17(14)22;/h5-6,12H,3-4,7-11H2,1-2H3,(H,23,24)(H,25,27);1H. The number of carbonyl (C=O) groups excluding carboxylic acids is 2. The Morgan fingerprint density at radius 1 is 1.17 bits per heavy atom.